The standard InChI is InChI=1S/C21H13FN2O2/c22-13-9-11-14(12-10-13)23-19-15-5-1-2-6-16(15)20(25)24(19)18-8-4-3-7-17(18)21(23)26/h1-12,19H. The van der Waals surface area contributed by atoms with Gasteiger partial charge < -0.3 is 0 Å². The Kier molecular flexibility index (Phi) is 3.00. The minimum Gasteiger partial charge on any atom is -0.283 e. The number of hydrogen-bond donors (Lipinski definition) is 0. The molecular formula is C21H13FN2O2. The van der Waals surface area contributed by atoms with Crippen LogP contribution in [0, 0.1) is 5.82 Å². The summed E-state index contributed by atoms with van der Waals surface area (Å²) in [7, 11) is 0. The largest absolute Gasteiger partial charge is 0.283 e. The van der Waals surface area contributed by atoms with Crippen molar-refractivity contribution in [1.82, 2.24) is 0 Å². The Labute approximate surface area is 149 Å². The van der Waals surface area contributed by atoms with E-state index >= 15 is 0 Å². The average molecular weight is 344 g/mol. The van der Waals surface area contributed by atoms with Crippen LogP contribution >= 0.6 is 0 Å². The zero-order valence-corrected chi connectivity index (χ0v) is 13.6. The Hall–Kier alpha value is -3.47. The van der Waals surface area contributed by atoms with Crippen LogP contribution in [-0.2, 0) is 0 Å². The van der Waals surface area contributed by atoms with Gasteiger partial charge in [-0.2, -0.15) is 0 Å². The molecule has 0 bridgehead atoms. The monoisotopic (exact) mass is 344 g/mol. The molecule has 2 heterocycles. The minimum absolute atomic E-state index is 0.141. The van der Waals surface area contributed by atoms with Crippen molar-refractivity contribution in [2.24, 2.45) is 0 Å². The Morgan fingerprint density at radius 2 is 1.31 bits per heavy atom. The van der Waals surface area contributed by atoms with E-state index in [1.165, 1.54) is 12.1 Å². The summed E-state index contributed by atoms with van der Waals surface area (Å²) < 4.78 is 13.4. The summed E-state index contributed by atoms with van der Waals surface area (Å²) in [6.45, 7) is 0. The molecule has 26 heavy (non-hydrogen) atoms. The molecule has 0 aromatic heterocycles. The molecule has 5 rings (SSSR count). The van der Waals surface area contributed by atoms with Crippen LogP contribution in [0.3, 0.4) is 0 Å². The van der Waals surface area contributed by atoms with Gasteiger partial charge in [0.15, 0.2) is 0 Å². The molecule has 0 radical (unpaired) electrons. The highest BCUT2D eigenvalue weighted by Crippen LogP contribution is 2.46. The molecule has 3 aromatic carbocycles. The maximum absolute atomic E-state index is 13.4. The van der Waals surface area contributed by atoms with E-state index in [1.54, 1.807) is 46.2 Å². The number of para-hydroxylation sites is 1. The lowest BCUT2D eigenvalue weighted by molar-refractivity contribution is 0.0949. The first-order valence-corrected chi connectivity index (χ1v) is 8.27. The van der Waals surface area contributed by atoms with Crippen LogP contribution in [0.4, 0.5) is 15.8 Å². The van der Waals surface area contributed by atoms with Crippen molar-refractivity contribution in [2.75, 3.05) is 9.80 Å². The van der Waals surface area contributed by atoms with Gasteiger partial charge in [0, 0.05) is 16.8 Å². The van der Waals surface area contributed by atoms with Crippen LogP contribution < -0.4 is 9.80 Å². The molecule has 0 aliphatic carbocycles. The zero-order chi connectivity index (χ0) is 17.8. The zero-order valence-electron chi connectivity index (χ0n) is 13.6. The fourth-order valence-corrected chi connectivity index (χ4v) is 3.76. The van der Waals surface area contributed by atoms with Gasteiger partial charge in [0.2, 0.25) is 0 Å². The number of carbonyl (C=O) groups excluding carboxylic acids is 2. The molecular weight excluding hydrogens is 331 g/mol. The molecule has 1 atom stereocenters. The smallest absolute Gasteiger partial charge is 0.262 e. The van der Waals surface area contributed by atoms with Gasteiger partial charge in [-0.25, -0.2) is 4.39 Å². The molecule has 3 aromatic rings. The molecule has 0 saturated carbocycles. The van der Waals surface area contributed by atoms with Crippen LogP contribution in [0.1, 0.15) is 32.4 Å². The highest BCUT2D eigenvalue weighted by atomic mass is 19.1. The van der Waals surface area contributed by atoms with Gasteiger partial charge in [-0.1, -0.05) is 30.3 Å². The fourth-order valence-electron chi connectivity index (χ4n) is 3.76. The maximum atomic E-state index is 13.4. The first-order valence-electron chi connectivity index (χ1n) is 8.27. The topological polar surface area (TPSA) is 40.6 Å². The van der Waals surface area contributed by atoms with E-state index in [1.807, 2.05) is 24.3 Å². The van der Waals surface area contributed by atoms with E-state index < -0.39 is 6.17 Å². The van der Waals surface area contributed by atoms with Crippen LogP contribution in [-0.4, -0.2) is 11.8 Å². The number of amides is 2. The average Bonchev–Trinajstić information content (AvgIpc) is 2.97. The summed E-state index contributed by atoms with van der Waals surface area (Å²) in [5, 5.41) is 0. The Bertz CT molecular complexity index is 1060. The number of halogens is 1. The van der Waals surface area contributed by atoms with Crippen LogP contribution in [0.25, 0.3) is 0 Å². The Morgan fingerprint density at radius 1 is 0.692 bits per heavy atom. The van der Waals surface area contributed by atoms with Gasteiger partial charge >= 0.3 is 0 Å². The molecule has 5 heteroatoms. The molecule has 4 nitrogen and oxygen atoms in total. The van der Waals surface area contributed by atoms with Crippen molar-refractivity contribution < 1.29 is 14.0 Å². The Balaban J connectivity index is 1.79. The molecule has 0 N–H and O–H groups in total. The van der Waals surface area contributed by atoms with Crippen molar-refractivity contribution in [3.8, 4) is 0 Å². The second kappa shape index (κ2) is 5.26. The fraction of sp³-hybridized carbons (Fsp3) is 0.0476. The van der Waals surface area contributed by atoms with Crippen molar-refractivity contribution in [3.63, 3.8) is 0 Å². The lowest BCUT2D eigenvalue weighted by atomic mass is 10.0. The van der Waals surface area contributed by atoms with E-state index in [0.29, 0.717) is 22.5 Å². The van der Waals surface area contributed by atoms with Gasteiger partial charge in [0.05, 0.1) is 11.3 Å². The van der Waals surface area contributed by atoms with Gasteiger partial charge in [-0.3, -0.25) is 19.4 Å². The number of hydrogen-bond acceptors (Lipinski definition) is 2. The molecule has 2 aliphatic rings. The Morgan fingerprint density at radius 3 is 2.08 bits per heavy atom. The lowest BCUT2D eigenvalue weighted by Gasteiger charge is -2.40. The summed E-state index contributed by atoms with van der Waals surface area (Å²) in [5.74, 6) is -0.728. The first kappa shape index (κ1) is 14.8. The van der Waals surface area contributed by atoms with Crippen molar-refractivity contribution in [1.29, 1.82) is 0 Å². The molecule has 0 saturated heterocycles. The number of nitrogens with zero attached hydrogens (tertiary/aromatic N) is 2. The summed E-state index contributed by atoms with van der Waals surface area (Å²) >= 11 is 0. The van der Waals surface area contributed by atoms with Crippen LogP contribution in [0.2, 0.25) is 0 Å². The summed E-state index contributed by atoms with van der Waals surface area (Å²) in [6.07, 6.45) is -0.577. The van der Waals surface area contributed by atoms with E-state index in [-0.39, 0.29) is 17.6 Å². The third kappa shape index (κ3) is 1.88. The number of anilines is 2. The number of benzene rings is 3. The molecule has 1 unspecified atom stereocenters. The van der Waals surface area contributed by atoms with E-state index in [0.717, 1.165) is 5.56 Å². The highest BCUT2D eigenvalue weighted by molar-refractivity contribution is 6.21. The maximum Gasteiger partial charge on any atom is 0.262 e. The minimum atomic E-state index is -0.577. The summed E-state index contributed by atoms with van der Waals surface area (Å²) in [6, 6.07) is 20.1. The molecule has 0 spiro atoms. The van der Waals surface area contributed by atoms with Gasteiger partial charge in [0.25, 0.3) is 11.8 Å². The number of fused-ring (bicyclic) bond motifs is 5. The number of carbonyl (C=O) groups is 2. The molecule has 0 fully saturated rings. The van der Waals surface area contributed by atoms with Crippen molar-refractivity contribution >= 4 is 23.2 Å². The molecule has 126 valence electrons. The van der Waals surface area contributed by atoms with Crippen molar-refractivity contribution in [3.05, 3.63) is 95.3 Å². The predicted molar refractivity (Wildman–Crippen MR) is 95.6 cm³/mol. The second-order valence-corrected chi connectivity index (χ2v) is 6.30. The van der Waals surface area contributed by atoms with E-state index in [9.17, 15) is 14.0 Å². The van der Waals surface area contributed by atoms with E-state index in [2.05, 4.69) is 0 Å². The van der Waals surface area contributed by atoms with Gasteiger partial charge in [-0.15, -0.1) is 0 Å². The van der Waals surface area contributed by atoms with Crippen LogP contribution in [0.5, 0.6) is 0 Å². The molecule has 2 aliphatic heterocycles. The summed E-state index contributed by atoms with van der Waals surface area (Å²) in [5.41, 5.74) is 2.94. The normalized spacial score (nSPS) is 17.8. The highest BCUT2D eigenvalue weighted by Gasteiger charge is 2.48. The number of rotatable bonds is 1. The first-order chi connectivity index (χ1) is 12.7. The summed E-state index contributed by atoms with van der Waals surface area (Å²) in [4.78, 5) is 29.5. The SMILES string of the molecule is O=C1c2ccccc2N2C(=O)c3ccccc3C2N1c1ccc(F)cc1. The van der Waals surface area contributed by atoms with Crippen LogP contribution in [0.15, 0.2) is 72.8 Å². The third-order valence-electron chi connectivity index (χ3n) is 4.89. The predicted octanol–water partition coefficient (Wildman–Crippen LogP) is 4.15. The quantitative estimate of drug-likeness (QED) is 0.665. The second-order valence-electron chi connectivity index (χ2n) is 6.30. The van der Waals surface area contributed by atoms with Crippen molar-refractivity contribution in [2.45, 2.75) is 6.17 Å². The lowest BCUT2D eigenvalue weighted by Crippen LogP contribution is -2.48. The third-order valence-corrected chi connectivity index (χ3v) is 4.89. The van der Waals surface area contributed by atoms with E-state index in [4.69, 9.17) is 0 Å². The van der Waals surface area contributed by atoms with Gasteiger partial charge in [0.1, 0.15) is 12.0 Å². The molecule has 2 amide bonds. The van der Waals surface area contributed by atoms with Gasteiger partial charge in [-0.05, 0) is 42.5 Å².